The van der Waals surface area contributed by atoms with E-state index < -0.39 is 5.91 Å². The van der Waals surface area contributed by atoms with E-state index in [1.54, 1.807) is 11.6 Å². The summed E-state index contributed by atoms with van der Waals surface area (Å²) in [6.45, 7) is 2.42. The Labute approximate surface area is 199 Å². The molecule has 0 saturated carbocycles. The minimum atomic E-state index is -0.498. The Kier molecular flexibility index (Phi) is 6.57. The first-order chi connectivity index (χ1) is 15.1. The van der Waals surface area contributed by atoms with Crippen LogP contribution >= 0.6 is 35.1 Å². The molecular weight excluding hydrogens is 464 g/mol. The number of carbonyl (C=O) groups excluding carboxylic acids is 2. The van der Waals surface area contributed by atoms with Gasteiger partial charge in [0, 0.05) is 30.1 Å². The summed E-state index contributed by atoms with van der Waals surface area (Å²) >= 11 is 2.94. The van der Waals surface area contributed by atoms with E-state index in [0.29, 0.717) is 16.1 Å². The third kappa shape index (κ3) is 4.40. The maximum Gasteiger partial charge on any atom is 0.256 e. The molecule has 4 aromatic rings. The van der Waals surface area contributed by atoms with Crippen molar-refractivity contribution >= 4 is 62.1 Å². The first-order valence-corrected chi connectivity index (χ1v) is 11.6. The summed E-state index contributed by atoms with van der Waals surface area (Å²) in [5.74, 6) is -0.750. The third-order valence-corrected chi connectivity index (χ3v) is 7.38. The van der Waals surface area contributed by atoms with Gasteiger partial charge in [0.05, 0.1) is 21.3 Å². The number of nitrogens with zero attached hydrogens (tertiary/aromatic N) is 2. The zero-order valence-electron chi connectivity index (χ0n) is 17.0. The lowest BCUT2D eigenvalue weighted by Gasteiger charge is -2.27. The van der Waals surface area contributed by atoms with Gasteiger partial charge in [0.25, 0.3) is 11.8 Å². The lowest BCUT2D eigenvalue weighted by molar-refractivity contribution is 0.0999. The molecule has 0 spiro atoms. The molecule has 2 aromatic carbocycles. The summed E-state index contributed by atoms with van der Waals surface area (Å²) in [7, 11) is 0. The van der Waals surface area contributed by atoms with Gasteiger partial charge in [-0.3, -0.25) is 14.5 Å². The van der Waals surface area contributed by atoms with E-state index in [4.69, 9.17) is 5.73 Å². The molecule has 9 heteroatoms. The van der Waals surface area contributed by atoms with Crippen molar-refractivity contribution in [3.05, 3.63) is 81.2 Å². The van der Waals surface area contributed by atoms with Crippen molar-refractivity contribution in [1.82, 2.24) is 9.88 Å². The van der Waals surface area contributed by atoms with Crippen molar-refractivity contribution in [2.75, 3.05) is 11.9 Å². The van der Waals surface area contributed by atoms with Crippen molar-refractivity contribution in [3.8, 4) is 0 Å². The minimum absolute atomic E-state index is 0. The average molecular weight is 485 g/mol. The van der Waals surface area contributed by atoms with Crippen molar-refractivity contribution in [1.29, 1.82) is 0 Å². The number of nitrogens with two attached hydrogens (primary N) is 1. The van der Waals surface area contributed by atoms with Crippen LogP contribution in [0, 0.1) is 0 Å². The van der Waals surface area contributed by atoms with Gasteiger partial charge >= 0.3 is 0 Å². The summed E-state index contributed by atoms with van der Waals surface area (Å²) in [5, 5.41) is 3.47. The van der Waals surface area contributed by atoms with Crippen LogP contribution in [0.3, 0.4) is 0 Å². The summed E-state index contributed by atoms with van der Waals surface area (Å²) in [6, 6.07) is 15.7. The Morgan fingerprint density at radius 2 is 1.97 bits per heavy atom. The lowest BCUT2D eigenvalue weighted by Crippen LogP contribution is -2.30. The number of primary amides is 1. The molecule has 0 saturated heterocycles. The molecule has 0 fully saturated rings. The van der Waals surface area contributed by atoms with Crippen LogP contribution < -0.4 is 11.1 Å². The number of halogens is 1. The first-order valence-electron chi connectivity index (χ1n) is 9.93. The molecule has 3 N–H and O–H groups in total. The molecule has 0 unspecified atom stereocenters. The van der Waals surface area contributed by atoms with E-state index in [9.17, 15) is 9.59 Å². The van der Waals surface area contributed by atoms with Gasteiger partial charge in [0.15, 0.2) is 0 Å². The quantitative estimate of drug-likeness (QED) is 0.430. The Morgan fingerprint density at radius 1 is 1.16 bits per heavy atom. The predicted octanol–water partition coefficient (Wildman–Crippen LogP) is 4.69. The van der Waals surface area contributed by atoms with Crippen molar-refractivity contribution in [2.24, 2.45) is 5.73 Å². The number of hydrogen-bond donors (Lipinski definition) is 2. The molecule has 2 amide bonds. The Hall–Kier alpha value is -2.78. The number of fused-ring (bicyclic) bond motifs is 2. The molecule has 6 nitrogen and oxygen atoms in total. The number of thiazole rings is 1. The molecule has 5 rings (SSSR count). The number of rotatable bonds is 5. The highest BCUT2D eigenvalue weighted by molar-refractivity contribution is 7.17. The van der Waals surface area contributed by atoms with Crippen LogP contribution in [0.4, 0.5) is 5.00 Å². The van der Waals surface area contributed by atoms with Gasteiger partial charge in [-0.2, -0.15) is 0 Å². The maximum absolute atomic E-state index is 12.9. The van der Waals surface area contributed by atoms with Gasteiger partial charge in [-0.15, -0.1) is 35.1 Å². The fourth-order valence-electron chi connectivity index (χ4n) is 3.95. The Balaban J connectivity index is 0.00000245. The van der Waals surface area contributed by atoms with Gasteiger partial charge in [-0.1, -0.05) is 30.3 Å². The second-order valence-corrected chi connectivity index (χ2v) is 9.50. The fraction of sp³-hybridized carbons (Fsp3) is 0.174. The molecule has 2 aromatic heterocycles. The highest BCUT2D eigenvalue weighted by Crippen LogP contribution is 2.37. The molecule has 0 aliphatic carbocycles. The van der Waals surface area contributed by atoms with Crippen molar-refractivity contribution in [3.63, 3.8) is 0 Å². The predicted molar refractivity (Wildman–Crippen MR) is 132 cm³/mol. The van der Waals surface area contributed by atoms with E-state index in [0.717, 1.165) is 46.7 Å². The summed E-state index contributed by atoms with van der Waals surface area (Å²) < 4.78 is 0.949. The number of carbonyl (C=O) groups is 2. The Morgan fingerprint density at radius 3 is 2.75 bits per heavy atom. The van der Waals surface area contributed by atoms with Crippen LogP contribution in [-0.2, 0) is 19.5 Å². The van der Waals surface area contributed by atoms with Crippen molar-refractivity contribution < 1.29 is 9.59 Å². The highest BCUT2D eigenvalue weighted by atomic mass is 35.5. The van der Waals surface area contributed by atoms with E-state index in [-0.39, 0.29) is 18.3 Å². The van der Waals surface area contributed by atoms with E-state index in [1.165, 1.54) is 28.2 Å². The van der Waals surface area contributed by atoms with E-state index in [1.807, 2.05) is 30.3 Å². The summed E-state index contributed by atoms with van der Waals surface area (Å²) in [6.07, 6.45) is 0.736. The van der Waals surface area contributed by atoms with Crippen LogP contribution in [0.25, 0.3) is 10.2 Å². The van der Waals surface area contributed by atoms with Gasteiger partial charge in [0.1, 0.15) is 5.00 Å². The second kappa shape index (κ2) is 9.38. The highest BCUT2D eigenvalue weighted by Gasteiger charge is 2.28. The molecule has 1 aliphatic rings. The number of benzene rings is 2. The summed E-state index contributed by atoms with van der Waals surface area (Å²) in [4.78, 5) is 32.8. The molecule has 164 valence electrons. The van der Waals surface area contributed by atoms with Crippen LogP contribution in [0.2, 0.25) is 0 Å². The van der Waals surface area contributed by atoms with Crippen LogP contribution in [-0.4, -0.2) is 28.2 Å². The normalized spacial score (nSPS) is 13.4. The smallest absolute Gasteiger partial charge is 0.256 e. The lowest BCUT2D eigenvalue weighted by atomic mass is 10.0. The van der Waals surface area contributed by atoms with Gasteiger partial charge < -0.3 is 11.1 Å². The topological polar surface area (TPSA) is 88.3 Å². The Bertz CT molecular complexity index is 1290. The molecule has 3 heterocycles. The molecule has 0 radical (unpaired) electrons. The number of thiophene rings is 1. The molecular formula is C23H21ClN4O2S2. The fourth-order valence-corrected chi connectivity index (χ4v) is 5.96. The second-order valence-electron chi connectivity index (χ2n) is 7.51. The number of amides is 2. The minimum Gasteiger partial charge on any atom is -0.365 e. The zero-order chi connectivity index (χ0) is 21.4. The largest absolute Gasteiger partial charge is 0.365 e. The molecule has 0 bridgehead atoms. The molecule has 1 aliphatic heterocycles. The van der Waals surface area contributed by atoms with E-state index in [2.05, 4.69) is 27.3 Å². The number of anilines is 1. The zero-order valence-corrected chi connectivity index (χ0v) is 19.5. The molecule has 32 heavy (non-hydrogen) atoms. The SMILES string of the molecule is Cl.NC(=O)c1c(NC(=O)c2ccc3ncsc3c2)sc2c1CCN(Cc1ccccc1)C2. The number of nitrogens with one attached hydrogen (secondary N) is 1. The molecule has 0 atom stereocenters. The van der Waals surface area contributed by atoms with Crippen LogP contribution in [0.15, 0.2) is 54.0 Å². The van der Waals surface area contributed by atoms with E-state index >= 15 is 0 Å². The number of hydrogen-bond acceptors (Lipinski definition) is 6. The summed E-state index contributed by atoms with van der Waals surface area (Å²) in [5.41, 5.74) is 11.5. The van der Waals surface area contributed by atoms with Gasteiger partial charge in [0.2, 0.25) is 0 Å². The first kappa shape index (κ1) is 22.4. The van der Waals surface area contributed by atoms with Crippen molar-refractivity contribution in [2.45, 2.75) is 19.5 Å². The monoisotopic (exact) mass is 484 g/mol. The van der Waals surface area contributed by atoms with Gasteiger partial charge in [-0.25, -0.2) is 4.98 Å². The van der Waals surface area contributed by atoms with Crippen LogP contribution in [0.5, 0.6) is 0 Å². The third-order valence-electron chi connectivity index (χ3n) is 5.45. The number of aromatic nitrogens is 1. The standard InChI is InChI=1S/C23H20N4O2S2.ClH/c24-21(28)20-16-8-9-27(11-14-4-2-1-3-5-14)12-19(16)31-23(20)26-22(29)15-6-7-17-18(10-15)30-13-25-17;/h1-7,10,13H,8-9,11-12H2,(H2,24,28)(H,26,29);1H. The van der Waals surface area contributed by atoms with Crippen LogP contribution in [0.1, 0.15) is 36.7 Å². The maximum atomic E-state index is 12.9. The van der Waals surface area contributed by atoms with Gasteiger partial charge in [-0.05, 0) is 35.7 Å². The average Bonchev–Trinajstić information content (AvgIpc) is 3.37.